The molecule has 2 N–H and O–H groups in total. The summed E-state index contributed by atoms with van der Waals surface area (Å²) < 4.78 is 5.41. The van der Waals surface area contributed by atoms with Crippen LogP contribution in [0, 0.1) is 6.92 Å². The Hall–Kier alpha value is -1.49. The molecule has 1 atom stereocenters. The third kappa shape index (κ3) is 2.61. The average Bonchev–Trinajstić information content (AvgIpc) is 2.89. The maximum atomic E-state index is 5.76. The average molecular weight is 275 g/mol. The van der Waals surface area contributed by atoms with Gasteiger partial charge in [0, 0.05) is 11.3 Å². The number of anilines is 1. The first-order valence-electron chi connectivity index (χ1n) is 6.56. The highest BCUT2D eigenvalue weighted by atomic mass is 32.2. The molecule has 0 bridgehead atoms. The van der Waals surface area contributed by atoms with Crippen LogP contribution in [0.5, 0.6) is 0 Å². The van der Waals surface area contributed by atoms with Gasteiger partial charge >= 0.3 is 0 Å². The SMILES string of the molecule is Cc1cc(N)ccc1-c1nc(C2CCCCS2)no1. The highest BCUT2D eigenvalue weighted by molar-refractivity contribution is 7.99. The summed E-state index contributed by atoms with van der Waals surface area (Å²) in [6.07, 6.45) is 3.69. The van der Waals surface area contributed by atoms with E-state index in [1.54, 1.807) is 0 Å². The van der Waals surface area contributed by atoms with Gasteiger partial charge < -0.3 is 10.3 Å². The van der Waals surface area contributed by atoms with E-state index >= 15 is 0 Å². The lowest BCUT2D eigenvalue weighted by atomic mass is 10.1. The van der Waals surface area contributed by atoms with Crippen LogP contribution in [0.4, 0.5) is 5.69 Å². The molecule has 19 heavy (non-hydrogen) atoms. The summed E-state index contributed by atoms with van der Waals surface area (Å²) in [7, 11) is 0. The van der Waals surface area contributed by atoms with E-state index in [2.05, 4.69) is 10.1 Å². The Morgan fingerprint density at radius 2 is 2.26 bits per heavy atom. The fraction of sp³-hybridized carbons (Fsp3) is 0.429. The van der Waals surface area contributed by atoms with E-state index in [-0.39, 0.29) is 0 Å². The van der Waals surface area contributed by atoms with Gasteiger partial charge in [0.05, 0.1) is 5.25 Å². The van der Waals surface area contributed by atoms with Gasteiger partial charge in [-0.15, -0.1) is 0 Å². The minimum atomic E-state index is 0.389. The Bertz CT molecular complexity index is 576. The normalized spacial score (nSPS) is 19.5. The minimum Gasteiger partial charge on any atom is -0.399 e. The summed E-state index contributed by atoms with van der Waals surface area (Å²) >= 11 is 1.93. The van der Waals surface area contributed by atoms with Crippen molar-refractivity contribution in [3.63, 3.8) is 0 Å². The van der Waals surface area contributed by atoms with E-state index in [1.807, 2.05) is 36.9 Å². The van der Waals surface area contributed by atoms with Gasteiger partial charge in [0.1, 0.15) is 0 Å². The van der Waals surface area contributed by atoms with Crippen LogP contribution in [-0.2, 0) is 0 Å². The van der Waals surface area contributed by atoms with Crippen molar-refractivity contribution >= 4 is 17.4 Å². The van der Waals surface area contributed by atoms with E-state index in [4.69, 9.17) is 10.3 Å². The molecular weight excluding hydrogens is 258 g/mol. The second kappa shape index (κ2) is 5.25. The van der Waals surface area contributed by atoms with Crippen molar-refractivity contribution < 1.29 is 4.52 Å². The van der Waals surface area contributed by atoms with E-state index in [1.165, 1.54) is 18.6 Å². The fourth-order valence-electron chi connectivity index (χ4n) is 2.35. The Morgan fingerprint density at radius 3 is 3.00 bits per heavy atom. The molecule has 1 saturated heterocycles. The highest BCUT2D eigenvalue weighted by Gasteiger charge is 2.22. The van der Waals surface area contributed by atoms with Gasteiger partial charge in [-0.3, -0.25) is 0 Å². The van der Waals surface area contributed by atoms with Gasteiger partial charge in [-0.05, 0) is 49.3 Å². The van der Waals surface area contributed by atoms with Crippen molar-refractivity contribution in [2.24, 2.45) is 0 Å². The van der Waals surface area contributed by atoms with E-state index in [9.17, 15) is 0 Å². The first-order chi connectivity index (χ1) is 9.24. The molecule has 2 heterocycles. The molecule has 3 rings (SSSR count). The first-order valence-corrected chi connectivity index (χ1v) is 7.60. The van der Waals surface area contributed by atoms with Crippen molar-refractivity contribution in [3.8, 4) is 11.5 Å². The third-order valence-electron chi connectivity index (χ3n) is 3.39. The predicted octanol–water partition coefficient (Wildman–Crippen LogP) is 3.59. The largest absolute Gasteiger partial charge is 0.399 e. The van der Waals surface area contributed by atoms with Crippen LogP contribution in [0.2, 0.25) is 0 Å². The lowest BCUT2D eigenvalue weighted by molar-refractivity contribution is 0.420. The number of benzene rings is 1. The molecule has 0 saturated carbocycles. The third-order valence-corrected chi connectivity index (χ3v) is 4.76. The number of hydrogen-bond acceptors (Lipinski definition) is 5. The lowest BCUT2D eigenvalue weighted by Crippen LogP contribution is -2.03. The Kier molecular flexibility index (Phi) is 3.46. The second-order valence-electron chi connectivity index (χ2n) is 4.89. The highest BCUT2D eigenvalue weighted by Crippen LogP contribution is 2.37. The van der Waals surface area contributed by atoms with Gasteiger partial charge in [0.15, 0.2) is 5.82 Å². The maximum absolute atomic E-state index is 5.76. The Labute approximate surface area is 116 Å². The van der Waals surface area contributed by atoms with Gasteiger partial charge in [-0.2, -0.15) is 16.7 Å². The van der Waals surface area contributed by atoms with E-state index in [0.29, 0.717) is 11.1 Å². The van der Waals surface area contributed by atoms with Crippen LogP contribution in [0.3, 0.4) is 0 Å². The molecule has 4 nitrogen and oxygen atoms in total. The molecular formula is C14H17N3OS. The maximum Gasteiger partial charge on any atom is 0.258 e. The second-order valence-corrected chi connectivity index (χ2v) is 6.20. The Balaban J connectivity index is 1.87. The first kappa shape index (κ1) is 12.5. The monoisotopic (exact) mass is 275 g/mol. The zero-order chi connectivity index (χ0) is 13.2. The summed E-state index contributed by atoms with van der Waals surface area (Å²) in [5.41, 5.74) is 8.54. The smallest absolute Gasteiger partial charge is 0.258 e. The molecule has 1 fully saturated rings. The number of thioether (sulfide) groups is 1. The van der Waals surface area contributed by atoms with Crippen LogP contribution >= 0.6 is 11.8 Å². The molecule has 0 aliphatic carbocycles. The minimum absolute atomic E-state index is 0.389. The molecule has 2 aromatic rings. The van der Waals surface area contributed by atoms with Gasteiger partial charge in [0.25, 0.3) is 5.89 Å². The molecule has 1 aliphatic rings. The van der Waals surface area contributed by atoms with E-state index < -0.39 is 0 Å². The summed E-state index contributed by atoms with van der Waals surface area (Å²) in [5, 5.41) is 4.53. The topological polar surface area (TPSA) is 64.9 Å². The van der Waals surface area contributed by atoms with Crippen molar-refractivity contribution in [1.29, 1.82) is 0 Å². The van der Waals surface area contributed by atoms with Crippen molar-refractivity contribution in [1.82, 2.24) is 10.1 Å². The van der Waals surface area contributed by atoms with Crippen LogP contribution < -0.4 is 5.73 Å². The predicted molar refractivity (Wildman–Crippen MR) is 77.9 cm³/mol. The van der Waals surface area contributed by atoms with Crippen LogP contribution in [0.15, 0.2) is 22.7 Å². The zero-order valence-corrected chi connectivity index (χ0v) is 11.7. The number of aryl methyl sites for hydroxylation is 1. The number of nitrogens with two attached hydrogens (primary N) is 1. The summed E-state index contributed by atoms with van der Waals surface area (Å²) in [6, 6.07) is 5.73. The number of rotatable bonds is 2. The molecule has 0 amide bonds. The fourth-order valence-corrected chi connectivity index (χ4v) is 3.58. The molecule has 5 heteroatoms. The summed E-state index contributed by atoms with van der Waals surface area (Å²) in [4.78, 5) is 4.56. The standard InChI is InChI=1S/C14H17N3OS/c1-9-8-10(15)5-6-11(9)14-16-13(17-18-14)12-4-2-3-7-19-12/h5-6,8,12H,2-4,7,15H2,1H3. The Morgan fingerprint density at radius 1 is 1.37 bits per heavy atom. The molecule has 100 valence electrons. The quantitative estimate of drug-likeness (QED) is 0.848. The van der Waals surface area contributed by atoms with Gasteiger partial charge in [0.2, 0.25) is 0 Å². The molecule has 1 aromatic heterocycles. The van der Waals surface area contributed by atoms with Gasteiger partial charge in [-0.1, -0.05) is 11.6 Å². The van der Waals surface area contributed by atoms with E-state index in [0.717, 1.165) is 29.1 Å². The van der Waals surface area contributed by atoms with Crippen molar-refractivity contribution in [2.75, 3.05) is 11.5 Å². The lowest BCUT2D eigenvalue weighted by Gasteiger charge is -2.17. The zero-order valence-electron chi connectivity index (χ0n) is 10.9. The number of hydrogen-bond donors (Lipinski definition) is 1. The molecule has 1 unspecified atom stereocenters. The number of aromatic nitrogens is 2. The molecule has 1 aromatic carbocycles. The summed E-state index contributed by atoms with van der Waals surface area (Å²) in [5.74, 6) is 2.62. The van der Waals surface area contributed by atoms with Crippen molar-refractivity contribution in [2.45, 2.75) is 31.4 Å². The summed E-state index contributed by atoms with van der Waals surface area (Å²) in [6.45, 7) is 2.00. The number of nitrogen functional groups attached to an aromatic ring is 1. The van der Waals surface area contributed by atoms with Gasteiger partial charge in [-0.25, -0.2) is 0 Å². The molecule has 0 spiro atoms. The number of nitrogens with zero attached hydrogens (tertiary/aromatic N) is 2. The molecule has 0 radical (unpaired) electrons. The van der Waals surface area contributed by atoms with Crippen LogP contribution in [-0.4, -0.2) is 15.9 Å². The van der Waals surface area contributed by atoms with Crippen molar-refractivity contribution in [3.05, 3.63) is 29.6 Å². The molecule has 1 aliphatic heterocycles. The van der Waals surface area contributed by atoms with Crippen LogP contribution in [0.25, 0.3) is 11.5 Å². The van der Waals surface area contributed by atoms with Crippen LogP contribution in [0.1, 0.15) is 35.9 Å².